The van der Waals surface area contributed by atoms with Crippen LogP contribution in [-0.4, -0.2) is 50.2 Å². The molecule has 1 saturated heterocycles. The molecule has 1 aliphatic rings. The molecule has 2 N–H and O–H groups in total. The van der Waals surface area contributed by atoms with Crippen LogP contribution in [0, 0.1) is 20.8 Å². The topological polar surface area (TPSA) is 103 Å². The Morgan fingerprint density at radius 1 is 1.06 bits per heavy atom. The number of aromatic nitrogens is 1. The second-order valence-corrected chi connectivity index (χ2v) is 10.8. The molecule has 1 fully saturated rings. The third kappa shape index (κ3) is 5.24. The van der Waals surface area contributed by atoms with Crippen LogP contribution in [0.25, 0.3) is 0 Å². The molecule has 0 bridgehead atoms. The number of carboxylic acid groups (broad SMARTS) is 1. The van der Waals surface area contributed by atoms with Gasteiger partial charge in [0.25, 0.3) is 10.0 Å². The van der Waals surface area contributed by atoms with E-state index in [9.17, 15) is 18.3 Å². The van der Waals surface area contributed by atoms with Gasteiger partial charge in [-0.25, -0.2) is 18.2 Å². The summed E-state index contributed by atoms with van der Waals surface area (Å²) in [6, 6.07) is 14.8. The number of pyridine rings is 1. The largest absolute Gasteiger partial charge is 0.478 e. The summed E-state index contributed by atoms with van der Waals surface area (Å²) < 4.78 is 28.4. The monoisotopic (exact) mass is 494 g/mol. The first kappa shape index (κ1) is 24.5. The molecule has 2 aromatic carbocycles. The van der Waals surface area contributed by atoms with Crippen molar-refractivity contribution in [3.63, 3.8) is 0 Å². The van der Waals surface area contributed by atoms with E-state index in [2.05, 4.69) is 46.7 Å². The molecule has 35 heavy (non-hydrogen) atoms. The zero-order valence-electron chi connectivity index (χ0n) is 20.3. The number of carboxylic acids is 1. The lowest BCUT2D eigenvalue weighted by Crippen LogP contribution is -2.52. The molecule has 4 rings (SSSR count). The number of carbonyl (C=O) groups is 1. The summed E-state index contributed by atoms with van der Waals surface area (Å²) in [6.45, 7) is 9.68. The molecule has 0 saturated carbocycles. The van der Waals surface area contributed by atoms with Crippen LogP contribution >= 0.6 is 0 Å². The molecule has 2 heterocycles. The molecular formula is C26H30N4O4S. The predicted octanol–water partition coefficient (Wildman–Crippen LogP) is 4.22. The smallest absolute Gasteiger partial charge is 0.339 e. The first-order valence-corrected chi connectivity index (χ1v) is 12.9. The zero-order chi connectivity index (χ0) is 25.3. The normalized spacial score (nSPS) is 16.3. The van der Waals surface area contributed by atoms with Gasteiger partial charge in [-0.05, 0) is 63.1 Å². The number of benzene rings is 2. The number of rotatable bonds is 6. The maximum Gasteiger partial charge on any atom is 0.339 e. The van der Waals surface area contributed by atoms with Crippen molar-refractivity contribution in [2.24, 2.45) is 0 Å². The number of sulfonamides is 1. The number of nitrogens with one attached hydrogen (secondary N) is 1. The van der Waals surface area contributed by atoms with Crippen molar-refractivity contribution in [1.29, 1.82) is 0 Å². The molecule has 1 aliphatic heterocycles. The van der Waals surface area contributed by atoms with Crippen LogP contribution in [0.1, 0.15) is 34.0 Å². The number of anilines is 3. The first-order chi connectivity index (χ1) is 16.5. The molecule has 3 aromatic rings. The summed E-state index contributed by atoms with van der Waals surface area (Å²) in [4.78, 5) is 20.9. The van der Waals surface area contributed by atoms with Crippen LogP contribution in [0.15, 0.2) is 59.6 Å². The number of piperazine rings is 1. The van der Waals surface area contributed by atoms with Crippen LogP contribution in [0.4, 0.5) is 17.2 Å². The lowest BCUT2D eigenvalue weighted by molar-refractivity contribution is 0.0697. The molecule has 1 atom stereocenters. The fourth-order valence-electron chi connectivity index (χ4n) is 4.57. The molecule has 9 heteroatoms. The minimum Gasteiger partial charge on any atom is -0.478 e. The quantitative estimate of drug-likeness (QED) is 0.529. The van der Waals surface area contributed by atoms with Crippen molar-refractivity contribution in [3.05, 3.63) is 77.0 Å². The van der Waals surface area contributed by atoms with Crippen molar-refractivity contribution in [3.8, 4) is 0 Å². The fraction of sp³-hybridized carbons (Fsp3) is 0.308. The number of nitrogens with zero attached hydrogens (tertiary/aromatic N) is 3. The third-order valence-corrected chi connectivity index (χ3v) is 7.77. The molecule has 1 unspecified atom stereocenters. The highest BCUT2D eigenvalue weighted by molar-refractivity contribution is 7.92. The Morgan fingerprint density at radius 2 is 1.80 bits per heavy atom. The van der Waals surface area contributed by atoms with Crippen molar-refractivity contribution in [1.82, 2.24) is 4.98 Å². The van der Waals surface area contributed by atoms with Gasteiger partial charge in [0.2, 0.25) is 0 Å². The maximum absolute atomic E-state index is 12.9. The van der Waals surface area contributed by atoms with Crippen LogP contribution in [0.2, 0.25) is 0 Å². The van der Waals surface area contributed by atoms with E-state index in [4.69, 9.17) is 0 Å². The molecular weight excluding hydrogens is 464 g/mol. The molecule has 0 spiro atoms. The maximum atomic E-state index is 12.9. The van der Waals surface area contributed by atoms with E-state index in [0.717, 1.165) is 11.3 Å². The van der Waals surface area contributed by atoms with Crippen LogP contribution in [-0.2, 0) is 10.0 Å². The van der Waals surface area contributed by atoms with Gasteiger partial charge in [0, 0.05) is 31.4 Å². The SMILES string of the molecule is Cc1cccc(N2CCN(c3ncc(NS(=O)(=O)c4ccc(C)cc4C)cc3C(=O)O)CC2C)c1. The van der Waals surface area contributed by atoms with Crippen molar-refractivity contribution < 1.29 is 18.3 Å². The Balaban J connectivity index is 1.57. The zero-order valence-corrected chi connectivity index (χ0v) is 21.1. The van der Waals surface area contributed by atoms with Crippen molar-refractivity contribution in [2.75, 3.05) is 34.2 Å². The highest BCUT2D eigenvalue weighted by Gasteiger charge is 2.28. The standard InChI is InChI=1S/C26H30N4O4S/c1-17-6-5-7-22(13-17)30-11-10-29(16-20(30)4)25-23(26(31)32)14-21(15-27-25)28-35(33,34)24-9-8-18(2)12-19(24)3/h5-9,12-15,20,28H,10-11,16H2,1-4H3,(H,31,32). The number of aryl methyl sites for hydroxylation is 3. The van der Waals surface area contributed by atoms with Crippen LogP contribution in [0.5, 0.6) is 0 Å². The van der Waals surface area contributed by atoms with Gasteiger partial charge in [0.05, 0.1) is 16.8 Å². The Kier molecular flexibility index (Phi) is 6.71. The van der Waals surface area contributed by atoms with E-state index < -0.39 is 16.0 Å². The van der Waals surface area contributed by atoms with Gasteiger partial charge in [0.15, 0.2) is 0 Å². The number of aromatic carboxylic acids is 1. The van der Waals surface area contributed by atoms with Gasteiger partial charge >= 0.3 is 5.97 Å². The van der Waals surface area contributed by atoms with Gasteiger partial charge in [0.1, 0.15) is 11.4 Å². The molecule has 1 aromatic heterocycles. The summed E-state index contributed by atoms with van der Waals surface area (Å²) in [6.07, 6.45) is 1.38. The summed E-state index contributed by atoms with van der Waals surface area (Å²) in [5, 5.41) is 9.88. The number of hydrogen-bond donors (Lipinski definition) is 2. The fourth-order valence-corrected chi connectivity index (χ4v) is 5.84. The third-order valence-electron chi connectivity index (χ3n) is 6.23. The van der Waals surface area contributed by atoms with Gasteiger partial charge in [-0.15, -0.1) is 0 Å². The van der Waals surface area contributed by atoms with E-state index in [1.807, 2.05) is 17.9 Å². The minimum atomic E-state index is -3.89. The second-order valence-electron chi connectivity index (χ2n) is 9.10. The van der Waals surface area contributed by atoms with E-state index in [1.165, 1.54) is 17.8 Å². The van der Waals surface area contributed by atoms with Gasteiger partial charge < -0.3 is 14.9 Å². The highest BCUT2D eigenvalue weighted by atomic mass is 32.2. The molecule has 184 valence electrons. The lowest BCUT2D eigenvalue weighted by atomic mass is 10.1. The Morgan fingerprint density at radius 3 is 2.46 bits per heavy atom. The van der Waals surface area contributed by atoms with Gasteiger partial charge in [-0.2, -0.15) is 0 Å². The van der Waals surface area contributed by atoms with Crippen LogP contribution < -0.4 is 14.5 Å². The average molecular weight is 495 g/mol. The van der Waals surface area contributed by atoms with Crippen molar-refractivity contribution >= 4 is 33.2 Å². The minimum absolute atomic E-state index is 0.0398. The summed E-state index contributed by atoms with van der Waals surface area (Å²) in [5.41, 5.74) is 3.96. The predicted molar refractivity (Wildman–Crippen MR) is 138 cm³/mol. The van der Waals surface area contributed by atoms with Crippen LogP contribution in [0.3, 0.4) is 0 Å². The summed E-state index contributed by atoms with van der Waals surface area (Å²) >= 11 is 0. The Bertz CT molecular complexity index is 1370. The summed E-state index contributed by atoms with van der Waals surface area (Å²) in [7, 11) is -3.89. The average Bonchev–Trinajstić information content (AvgIpc) is 2.78. The molecule has 0 aliphatic carbocycles. The molecule has 0 radical (unpaired) electrons. The Hall–Kier alpha value is -3.59. The molecule has 8 nitrogen and oxygen atoms in total. The van der Waals surface area contributed by atoms with Crippen molar-refractivity contribution in [2.45, 2.75) is 38.6 Å². The second kappa shape index (κ2) is 9.58. The van der Waals surface area contributed by atoms with E-state index in [1.54, 1.807) is 25.1 Å². The van der Waals surface area contributed by atoms with E-state index >= 15 is 0 Å². The molecule has 0 amide bonds. The number of hydrogen-bond acceptors (Lipinski definition) is 6. The first-order valence-electron chi connectivity index (χ1n) is 11.5. The van der Waals surface area contributed by atoms with Gasteiger partial charge in [-0.1, -0.05) is 29.8 Å². The van der Waals surface area contributed by atoms with E-state index in [0.29, 0.717) is 31.0 Å². The lowest BCUT2D eigenvalue weighted by Gasteiger charge is -2.42. The summed E-state index contributed by atoms with van der Waals surface area (Å²) in [5.74, 6) is -0.823. The van der Waals surface area contributed by atoms with Gasteiger partial charge in [-0.3, -0.25) is 4.72 Å². The highest BCUT2D eigenvalue weighted by Crippen LogP contribution is 2.28. The van der Waals surface area contributed by atoms with E-state index in [-0.39, 0.29) is 22.2 Å². The Labute approximate surface area is 206 Å².